The van der Waals surface area contributed by atoms with Gasteiger partial charge in [-0.05, 0) is 0 Å². The van der Waals surface area contributed by atoms with E-state index in [4.69, 9.17) is 29.4 Å². The molecule has 80 valence electrons. The lowest BCUT2D eigenvalue weighted by Gasteiger charge is -2.19. The maximum Gasteiger partial charge on any atom is 0.353 e. The monoisotopic (exact) mass is 256 g/mol. The van der Waals surface area contributed by atoms with Crippen molar-refractivity contribution >= 4 is 22.8 Å². The van der Waals surface area contributed by atoms with Gasteiger partial charge in [-0.3, -0.25) is 13.7 Å². The van der Waals surface area contributed by atoms with Crippen LogP contribution >= 0.6 is 22.8 Å². The van der Waals surface area contributed by atoms with Gasteiger partial charge in [-0.15, -0.1) is 0 Å². The van der Waals surface area contributed by atoms with Gasteiger partial charge in [0.05, 0.1) is 0 Å². The van der Waals surface area contributed by atoms with Gasteiger partial charge in [0.15, 0.2) is 0 Å². The van der Waals surface area contributed by atoms with Gasteiger partial charge in [0, 0.05) is 0 Å². The van der Waals surface area contributed by atoms with Crippen LogP contribution in [0.3, 0.4) is 0 Å². The molecule has 6 N–H and O–H groups in total. The van der Waals surface area contributed by atoms with Crippen molar-refractivity contribution in [2.24, 2.45) is 0 Å². The van der Waals surface area contributed by atoms with Crippen LogP contribution in [0.25, 0.3) is 0 Å². The van der Waals surface area contributed by atoms with Crippen LogP contribution in [0.5, 0.6) is 0 Å². The zero-order valence-corrected chi connectivity index (χ0v) is 8.51. The summed E-state index contributed by atoms with van der Waals surface area (Å²) in [6, 6.07) is 0. The number of hydrogen-bond donors (Lipinski definition) is 6. The van der Waals surface area contributed by atoms with Crippen LogP contribution in [-0.2, 0) is 13.7 Å². The lowest BCUT2D eigenvalue weighted by Crippen LogP contribution is -2.09. The highest BCUT2D eigenvalue weighted by molar-refractivity contribution is 7.86. The van der Waals surface area contributed by atoms with Crippen molar-refractivity contribution in [3.8, 4) is 0 Å². The average molecular weight is 256 g/mol. The van der Waals surface area contributed by atoms with Crippen molar-refractivity contribution < 1.29 is 43.1 Å². The van der Waals surface area contributed by atoms with Gasteiger partial charge in [0.25, 0.3) is 5.14 Å². The van der Waals surface area contributed by atoms with Crippen LogP contribution in [-0.4, -0.2) is 34.5 Å². The second-order valence-corrected chi connectivity index (χ2v) is 8.42. The highest BCUT2D eigenvalue weighted by Gasteiger charge is 2.55. The van der Waals surface area contributed by atoms with Crippen molar-refractivity contribution in [2.45, 2.75) is 5.14 Å². The van der Waals surface area contributed by atoms with Gasteiger partial charge in [0.2, 0.25) is 0 Å². The average Bonchev–Trinajstić information content (AvgIpc) is 1.44. The summed E-state index contributed by atoms with van der Waals surface area (Å²) in [5.74, 6) is 0. The molecule has 0 radical (unpaired) electrons. The zero-order valence-electron chi connectivity index (χ0n) is 5.83. The van der Waals surface area contributed by atoms with Crippen molar-refractivity contribution in [3.05, 3.63) is 0 Å². The third kappa shape index (κ3) is 3.99. The standard InChI is InChI=1S/CH7O9P3/c2-11(3,4)1(12(5,6)7)13(8,9)10/h1H,(H2,2,3,4)(H2,5,6,7)(H2,8,9,10). The fraction of sp³-hybridized carbons (Fsp3) is 1.00. The van der Waals surface area contributed by atoms with Crippen molar-refractivity contribution in [1.82, 2.24) is 0 Å². The first-order chi connectivity index (χ1) is 5.37. The molecule has 0 aromatic rings. The van der Waals surface area contributed by atoms with E-state index >= 15 is 0 Å². The molecule has 0 aliphatic carbocycles. The van der Waals surface area contributed by atoms with E-state index in [0.29, 0.717) is 0 Å². The van der Waals surface area contributed by atoms with E-state index < -0.39 is 27.9 Å². The first-order valence-corrected chi connectivity index (χ1v) is 7.57. The molecular formula is CH7O9P3. The molecule has 0 bridgehead atoms. The van der Waals surface area contributed by atoms with E-state index in [0.717, 1.165) is 0 Å². The molecule has 12 heteroatoms. The predicted octanol–water partition coefficient (Wildman–Crippen LogP) is -1.20. The van der Waals surface area contributed by atoms with E-state index in [9.17, 15) is 13.7 Å². The molecule has 0 heterocycles. The Labute approximate surface area is 71.9 Å². The predicted molar refractivity (Wildman–Crippen MR) is 39.9 cm³/mol. The van der Waals surface area contributed by atoms with Gasteiger partial charge < -0.3 is 29.4 Å². The molecule has 0 fully saturated rings. The molecule has 13 heavy (non-hydrogen) atoms. The third-order valence-corrected chi connectivity index (χ3v) is 8.12. The van der Waals surface area contributed by atoms with Crippen LogP contribution in [0, 0.1) is 0 Å². The minimum Gasteiger partial charge on any atom is -0.323 e. The Hall–Kier alpha value is 0.450. The van der Waals surface area contributed by atoms with Crippen LogP contribution in [0.1, 0.15) is 0 Å². The Morgan fingerprint density at radius 3 is 0.769 bits per heavy atom. The Balaban J connectivity index is 5.42. The molecule has 0 unspecified atom stereocenters. The molecule has 0 aliphatic heterocycles. The van der Waals surface area contributed by atoms with Crippen LogP contribution in [0.4, 0.5) is 0 Å². The molecule has 0 saturated heterocycles. The topological polar surface area (TPSA) is 173 Å². The molecular weight excluding hydrogens is 249 g/mol. The van der Waals surface area contributed by atoms with E-state index in [1.165, 1.54) is 0 Å². The Bertz CT molecular complexity index is 259. The maximum absolute atomic E-state index is 10.3. The lowest BCUT2D eigenvalue weighted by molar-refractivity contribution is 0.328. The number of hydrogen-bond acceptors (Lipinski definition) is 3. The summed E-state index contributed by atoms with van der Waals surface area (Å²) in [7, 11) is -16.6. The molecule has 0 aromatic heterocycles. The van der Waals surface area contributed by atoms with Crippen molar-refractivity contribution in [1.29, 1.82) is 0 Å². The molecule has 0 aliphatic rings. The van der Waals surface area contributed by atoms with Gasteiger partial charge in [-0.1, -0.05) is 0 Å². The summed E-state index contributed by atoms with van der Waals surface area (Å²) in [5, 5.41) is -3.27. The van der Waals surface area contributed by atoms with Crippen molar-refractivity contribution in [2.75, 3.05) is 0 Å². The van der Waals surface area contributed by atoms with Crippen molar-refractivity contribution in [3.63, 3.8) is 0 Å². The summed E-state index contributed by atoms with van der Waals surface area (Å²) >= 11 is 0. The molecule has 0 aromatic carbocycles. The fourth-order valence-corrected chi connectivity index (χ4v) is 5.29. The zero-order chi connectivity index (χ0) is 11.1. The normalized spacial score (nSPS) is 15.0. The summed E-state index contributed by atoms with van der Waals surface area (Å²) in [4.78, 5) is 49.7. The van der Waals surface area contributed by atoms with E-state index in [1.54, 1.807) is 0 Å². The lowest BCUT2D eigenvalue weighted by atomic mass is 11.8. The highest BCUT2D eigenvalue weighted by atomic mass is 31.3. The number of rotatable bonds is 3. The van der Waals surface area contributed by atoms with Gasteiger partial charge in [-0.2, -0.15) is 0 Å². The highest BCUT2D eigenvalue weighted by Crippen LogP contribution is 2.73. The molecule has 0 atom stereocenters. The summed E-state index contributed by atoms with van der Waals surface area (Å²) in [6.45, 7) is 0. The van der Waals surface area contributed by atoms with E-state index in [-0.39, 0.29) is 0 Å². The van der Waals surface area contributed by atoms with Gasteiger partial charge in [-0.25, -0.2) is 0 Å². The van der Waals surface area contributed by atoms with Crippen LogP contribution in [0.2, 0.25) is 0 Å². The van der Waals surface area contributed by atoms with Gasteiger partial charge >= 0.3 is 22.8 Å². The maximum atomic E-state index is 10.3. The van der Waals surface area contributed by atoms with Crippen LogP contribution < -0.4 is 0 Å². The largest absolute Gasteiger partial charge is 0.353 e. The van der Waals surface area contributed by atoms with Crippen LogP contribution in [0.15, 0.2) is 0 Å². The quantitative estimate of drug-likeness (QED) is 0.339. The third-order valence-electron chi connectivity index (χ3n) is 0.903. The molecule has 0 amide bonds. The van der Waals surface area contributed by atoms with Gasteiger partial charge in [0.1, 0.15) is 0 Å². The fourth-order valence-electron chi connectivity index (χ4n) is 0.588. The Morgan fingerprint density at radius 2 is 0.769 bits per heavy atom. The first kappa shape index (κ1) is 13.4. The Morgan fingerprint density at radius 1 is 0.615 bits per heavy atom. The second kappa shape index (κ2) is 3.55. The summed E-state index contributed by atoms with van der Waals surface area (Å²) < 4.78 is 31.0. The van der Waals surface area contributed by atoms with E-state index in [2.05, 4.69) is 0 Å². The molecule has 0 spiro atoms. The molecule has 0 rings (SSSR count). The minimum atomic E-state index is -5.55. The smallest absolute Gasteiger partial charge is 0.323 e. The summed E-state index contributed by atoms with van der Waals surface area (Å²) in [5.41, 5.74) is 0. The van der Waals surface area contributed by atoms with E-state index in [1.807, 2.05) is 0 Å². The first-order valence-electron chi connectivity index (χ1n) is 2.52. The molecule has 0 saturated carbocycles. The SMILES string of the molecule is O=P(O)(O)C(P(=O)(O)O)P(=O)(O)O. The summed E-state index contributed by atoms with van der Waals surface area (Å²) in [6.07, 6.45) is 0. The molecule has 9 nitrogen and oxygen atoms in total. The minimum absolute atomic E-state index is 3.27. The second-order valence-electron chi connectivity index (χ2n) is 2.11. The Kier molecular flexibility index (Phi) is 3.67.